The average Bonchev–Trinajstić information content (AvgIpc) is 3.24. The Morgan fingerprint density at radius 2 is 1.88 bits per heavy atom. The third-order valence-electron chi connectivity index (χ3n) is 4.57. The van der Waals surface area contributed by atoms with Gasteiger partial charge in [-0.3, -0.25) is 0 Å². The Morgan fingerprint density at radius 3 is 2.53 bits per heavy atom. The first kappa shape index (κ1) is 25.0. The molecule has 0 atom stereocenters. The minimum Gasteiger partial charge on any atom is -0.497 e. The van der Waals surface area contributed by atoms with Crippen LogP contribution in [0.5, 0.6) is 23.1 Å². The average molecular weight is 498 g/mol. The molecule has 0 bridgehead atoms. The number of carbonyl (C=O) groups is 1. The molecule has 0 amide bonds. The lowest BCUT2D eigenvalue weighted by atomic mass is 10.2. The van der Waals surface area contributed by atoms with Gasteiger partial charge in [0.1, 0.15) is 23.1 Å². The van der Waals surface area contributed by atoms with Crippen molar-refractivity contribution in [3.63, 3.8) is 0 Å². The zero-order valence-electron chi connectivity index (χ0n) is 18.4. The molecular weight excluding hydrogens is 477 g/mol. The van der Waals surface area contributed by atoms with Crippen LogP contribution in [0.2, 0.25) is 0 Å². The summed E-state index contributed by atoms with van der Waals surface area (Å²) in [5, 5.41) is 3.51. The molecule has 0 aliphatic carbocycles. The highest BCUT2D eigenvalue weighted by atomic mass is 32.1. The van der Waals surface area contributed by atoms with E-state index in [2.05, 4.69) is 14.4 Å². The number of rotatable bonds is 11. The lowest BCUT2D eigenvalue weighted by molar-refractivity contribution is -0.0522. The van der Waals surface area contributed by atoms with E-state index in [1.165, 1.54) is 20.3 Å². The fourth-order valence-electron chi connectivity index (χ4n) is 2.93. The normalized spacial score (nSPS) is 10.7. The monoisotopic (exact) mass is 498 g/mol. The van der Waals surface area contributed by atoms with E-state index in [-0.39, 0.29) is 18.1 Å². The van der Waals surface area contributed by atoms with Gasteiger partial charge in [0.05, 0.1) is 21.3 Å². The Hall–Kier alpha value is -3.67. The highest BCUT2D eigenvalue weighted by Gasteiger charge is 2.24. The van der Waals surface area contributed by atoms with Crippen LogP contribution < -0.4 is 24.3 Å². The molecule has 1 heterocycles. The van der Waals surface area contributed by atoms with Crippen LogP contribution in [-0.4, -0.2) is 38.3 Å². The Morgan fingerprint density at radius 1 is 1.09 bits per heavy atom. The lowest BCUT2D eigenvalue weighted by Crippen LogP contribution is -2.09. The summed E-state index contributed by atoms with van der Waals surface area (Å²) in [5.41, 5.74) is 1.19. The Bertz CT molecular complexity index is 1140. The van der Waals surface area contributed by atoms with Crippen LogP contribution in [0.1, 0.15) is 21.5 Å². The van der Waals surface area contributed by atoms with Crippen LogP contribution in [0.3, 0.4) is 0 Å². The van der Waals surface area contributed by atoms with Gasteiger partial charge in [-0.05, 0) is 41.4 Å². The van der Waals surface area contributed by atoms with Crippen LogP contribution in [0.15, 0.2) is 36.4 Å². The maximum absolute atomic E-state index is 13.9. The fraction of sp³-hybridized carbons (Fsp3) is 0.273. The van der Waals surface area contributed by atoms with Crippen molar-refractivity contribution in [1.29, 1.82) is 0 Å². The van der Waals surface area contributed by atoms with E-state index >= 15 is 0 Å². The number of esters is 1. The minimum absolute atomic E-state index is 0.0191. The number of carbonyl (C=O) groups excluding carboxylic acids is 1. The van der Waals surface area contributed by atoms with Gasteiger partial charge in [-0.2, -0.15) is 13.2 Å². The summed E-state index contributed by atoms with van der Waals surface area (Å²) in [4.78, 5) is 12.4. The van der Waals surface area contributed by atoms with Crippen molar-refractivity contribution in [1.82, 2.24) is 4.37 Å². The molecular formula is C22H21F3N2O6S. The molecule has 12 heteroatoms. The third-order valence-corrected chi connectivity index (χ3v) is 5.36. The number of nitrogens with one attached hydrogen (secondary N) is 1. The number of hydrogen-bond acceptors (Lipinski definition) is 9. The van der Waals surface area contributed by atoms with Gasteiger partial charge in [0.25, 0.3) is 0 Å². The molecule has 1 aromatic heterocycles. The summed E-state index contributed by atoms with van der Waals surface area (Å²) in [6.07, 6.45) is 0. The molecule has 0 fully saturated rings. The largest absolute Gasteiger partial charge is 0.497 e. The molecule has 34 heavy (non-hydrogen) atoms. The first-order valence-electron chi connectivity index (χ1n) is 9.75. The summed E-state index contributed by atoms with van der Waals surface area (Å²) >= 11 is 0.978. The van der Waals surface area contributed by atoms with E-state index in [1.807, 2.05) is 6.07 Å². The van der Waals surface area contributed by atoms with Crippen LogP contribution in [0, 0.1) is 5.82 Å². The van der Waals surface area contributed by atoms with E-state index in [0.717, 1.165) is 29.2 Å². The van der Waals surface area contributed by atoms with Crippen molar-refractivity contribution < 1.29 is 41.7 Å². The van der Waals surface area contributed by atoms with Crippen molar-refractivity contribution in [2.75, 3.05) is 26.6 Å². The maximum Gasteiger partial charge on any atom is 0.387 e. The van der Waals surface area contributed by atoms with Crippen LogP contribution in [-0.2, 0) is 17.9 Å². The minimum atomic E-state index is -3.14. The molecule has 0 spiro atoms. The molecule has 182 valence electrons. The van der Waals surface area contributed by atoms with E-state index < -0.39 is 24.1 Å². The Kier molecular flexibility index (Phi) is 8.41. The van der Waals surface area contributed by atoms with Crippen LogP contribution in [0.4, 0.5) is 18.2 Å². The zero-order chi connectivity index (χ0) is 24.7. The second-order valence-corrected chi connectivity index (χ2v) is 7.42. The van der Waals surface area contributed by atoms with Gasteiger partial charge in [-0.25, -0.2) is 9.18 Å². The number of nitrogens with zero attached hydrogens (tertiary/aromatic N) is 1. The van der Waals surface area contributed by atoms with E-state index in [1.54, 1.807) is 19.2 Å². The first-order chi connectivity index (χ1) is 16.4. The molecule has 3 rings (SSSR count). The van der Waals surface area contributed by atoms with Gasteiger partial charge in [0, 0.05) is 18.2 Å². The molecule has 0 radical (unpaired) electrons. The number of ether oxygens (including phenoxy) is 5. The second kappa shape index (κ2) is 11.5. The van der Waals surface area contributed by atoms with Crippen molar-refractivity contribution >= 4 is 22.5 Å². The van der Waals surface area contributed by atoms with Gasteiger partial charge in [-0.15, -0.1) is 0 Å². The predicted molar refractivity (Wildman–Crippen MR) is 118 cm³/mol. The summed E-state index contributed by atoms with van der Waals surface area (Å²) in [7, 11) is 4.30. The quantitative estimate of drug-likeness (QED) is 0.375. The summed E-state index contributed by atoms with van der Waals surface area (Å²) < 4.78 is 67.8. The number of methoxy groups -OCH3 is 3. The molecule has 2 aromatic carbocycles. The molecule has 0 saturated heterocycles. The highest BCUT2D eigenvalue weighted by molar-refractivity contribution is 7.10. The fourth-order valence-corrected chi connectivity index (χ4v) is 3.64. The van der Waals surface area contributed by atoms with Crippen LogP contribution in [0.25, 0.3) is 0 Å². The Labute approximate surface area is 197 Å². The van der Waals surface area contributed by atoms with Crippen molar-refractivity contribution in [2.45, 2.75) is 19.8 Å². The number of alkyl halides is 2. The molecule has 0 unspecified atom stereocenters. The lowest BCUT2D eigenvalue weighted by Gasteiger charge is -2.12. The van der Waals surface area contributed by atoms with E-state index in [9.17, 15) is 18.0 Å². The number of halogens is 3. The molecule has 8 nitrogen and oxygen atoms in total. The van der Waals surface area contributed by atoms with Gasteiger partial charge in [0.2, 0.25) is 5.88 Å². The summed E-state index contributed by atoms with van der Waals surface area (Å²) in [6.45, 7) is -3.01. The molecule has 0 saturated carbocycles. The van der Waals surface area contributed by atoms with Crippen LogP contribution >= 0.6 is 11.5 Å². The van der Waals surface area contributed by atoms with Crippen molar-refractivity contribution in [3.05, 3.63) is 58.9 Å². The number of aromatic nitrogens is 1. The Balaban J connectivity index is 1.74. The summed E-state index contributed by atoms with van der Waals surface area (Å²) in [5.74, 6) is -1.02. The number of benzene rings is 2. The van der Waals surface area contributed by atoms with E-state index in [0.29, 0.717) is 28.6 Å². The molecule has 0 aliphatic rings. The second-order valence-electron chi connectivity index (χ2n) is 6.65. The van der Waals surface area contributed by atoms with Gasteiger partial charge < -0.3 is 29.0 Å². The van der Waals surface area contributed by atoms with Gasteiger partial charge >= 0.3 is 12.6 Å². The zero-order valence-corrected chi connectivity index (χ0v) is 19.2. The van der Waals surface area contributed by atoms with Crippen molar-refractivity contribution in [2.24, 2.45) is 0 Å². The topological polar surface area (TPSA) is 88.1 Å². The predicted octanol–water partition coefficient (Wildman–Crippen LogP) is 4.88. The first-order valence-corrected chi connectivity index (χ1v) is 10.5. The number of hydrogen-bond donors (Lipinski definition) is 1. The van der Waals surface area contributed by atoms with Crippen molar-refractivity contribution in [3.8, 4) is 23.1 Å². The SMILES string of the molecule is COC(=O)c1c(OCc2ccc(OC(F)F)c(F)c2)nsc1NCc1ccc(OC)cc1OC. The van der Waals surface area contributed by atoms with Gasteiger partial charge in [0.15, 0.2) is 17.1 Å². The standard InChI is InChI=1S/C22H21F3N2O6S/c1-29-14-6-5-13(17(9-14)30-2)10-26-20-18(21(28)31-3)19(27-34-20)32-11-12-4-7-16(15(23)8-12)33-22(24)25/h4-9,22,26H,10-11H2,1-3H3. The highest BCUT2D eigenvalue weighted by Crippen LogP contribution is 2.33. The molecule has 1 N–H and O–H groups in total. The third kappa shape index (κ3) is 6.01. The molecule has 0 aliphatic heterocycles. The molecule has 3 aromatic rings. The van der Waals surface area contributed by atoms with E-state index in [4.69, 9.17) is 18.9 Å². The smallest absolute Gasteiger partial charge is 0.387 e. The summed E-state index contributed by atoms with van der Waals surface area (Å²) in [6, 6.07) is 8.75. The maximum atomic E-state index is 13.9. The van der Waals surface area contributed by atoms with Gasteiger partial charge in [-0.1, -0.05) is 6.07 Å². The number of anilines is 1.